The maximum Gasteiger partial charge on any atom is 0.193 e. The van der Waals surface area contributed by atoms with Crippen molar-refractivity contribution in [1.82, 2.24) is 14.8 Å². The lowest BCUT2D eigenvalue weighted by Crippen LogP contribution is -2.52. The summed E-state index contributed by atoms with van der Waals surface area (Å²) in [5, 5.41) is 9.40. The summed E-state index contributed by atoms with van der Waals surface area (Å²) < 4.78 is 0. The van der Waals surface area contributed by atoms with Gasteiger partial charge in [-0.3, -0.25) is 19.4 Å². The van der Waals surface area contributed by atoms with Crippen molar-refractivity contribution in [2.24, 2.45) is 0 Å². The number of aromatic amines is 1. The van der Waals surface area contributed by atoms with E-state index in [9.17, 15) is 14.7 Å². The van der Waals surface area contributed by atoms with Crippen LogP contribution in [0.3, 0.4) is 0 Å². The Morgan fingerprint density at radius 3 is 2.29 bits per heavy atom. The van der Waals surface area contributed by atoms with E-state index in [4.69, 9.17) is 0 Å². The number of hydrogen-bond donors (Lipinski definition) is 2. The molecule has 0 aliphatic carbocycles. The van der Waals surface area contributed by atoms with Crippen LogP contribution in [0.25, 0.3) is 0 Å². The molecule has 0 amide bonds. The van der Waals surface area contributed by atoms with Crippen LogP contribution in [0.5, 0.6) is 0 Å². The molecule has 1 atom stereocenters. The van der Waals surface area contributed by atoms with Crippen molar-refractivity contribution in [2.75, 3.05) is 39.3 Å². The van der Waals surface area contributed by atoms with Gasteiger partial charge < -0.3 is 10.1 Å². The molecule has 2 heterocycles. The van der Waals surface area contributed by atoms with Gasteiger partial charge in [-0.2, -0.15) is 0 Å². The molecule has 2 rings (SSSR count). The molecular weight excluding hydrogens is 306 g/mol. The molecule has 0 spiro atoms. The number of rotatable bonds is 7. The fraction of sp³-hybridized carbons (Fsp3) is 0.667. The first-order valence-corrected chi connectivity index (χ1v) is 8.69. The number of aliphatic hydroxyl groups excluding tert-OH is 1. The Balaban J connectivity index is 1.97. The molecule has 134 valence electrons. The molecule has 0 radical (unpaired) electrons. The lowest BCUT2D eigenvalue weighted by molar-refractivity contribution is 0.0589. The van der Waals surface area contributed by atoms with Gasteiger partial charge in [-0.1, -0.05) is 6.92 Å². The Hall–Kier alpha value is -1.50. The van der Waals surface area contributed by atoms with Crippen molar-refractivity contribution in [1.29, 1.82) is 0 Å². The van der Waals surface area contributed by atoms with E-state index >= 15 is 0 Å². The fourth-order valence-corrected chi connectivity index (χ4v) is 3.63. The highest BCUT2D eigenvalue weighted by molar-refractivity contribution is 6.03. The number of nitrogens with zero attached hydrogens (tertiary/aromatic N) is 2. The number of Topliss-reactive ketones (excluding diaryl/α,β-unsaturated/α-hetero) is 2. The molecule has 1 unspecified atom stereocenters. The van der Waals surface area contributed by atoms with E-state index in [2.05, 4.69) is 21.7 Å². The Labute approximate surface area is 143 Å². The Bertz CT molecular complexity index is 597. The van der Waals surface area contributed by atoms with E-state index in [1.807, 2.05) is 13.8 Å². The molecule has 1 fully saturated rings. The Morgan fingerprint density at radius 1 is 1.21 bits per heavy atom. The van der Waals surface area contributed by atoms with Gasteiger partial charge in [0.15, 0.2) is 11.6 Å². The van der Waals surface area contributed by atoms with Gasteiger partial charge in [0.25, 0.3) is 0 Å². The highest BCUT2D eigenvalue weighted by atomic mass is 16.3. The third kappa shape index (κ3) is 3.94. The maximum absolute atomic E-state index is 12.6. The molecule has 0 bridgehead atoms. The lowest BCUT2D eigenvalue weighted by Gasteiger charge is -2.38. The van der Waals surface area contributed by atoms with Gasteiger partial charge in [-0.25, -0.2) is 0 Å². The van der Waals surface area contributed by atoms with Gasteiger partial charge in [-0.15, -0.1) is 0 Å². The predicted molar refractivity (Wildman–Crippen MR) is 93.8 cm³/mol. The first-order chi connectivity index (χ1) is 11.4. The van der Waals surface area contributed by atoms with Crippen LogP contribution in [-0.2, 0) is 0 Å². The van der Waals surface area contributed by atoms with E-state index in [-0.39, 0.29) is 24.2 Å². The van der Waals surface area contributed by atoms with Crippen LogP contribution in [0, 0.1) is 13.8 Å². The first kappa shape index (κ1) is 18.8. The fourth-order valence-electron chi connectivity index (χ4n) is 3.63. The van der Waals surface area contributed by atoms with Gasteiger partial charge in [0.05, 0.1) is 18.8 Å². The van der Waals surface area contributed by atoms with Crippen LogP contribution in [0.15, 0.2) is 0 Å². The maximum atomic E-state index is 12.6. The largest absolute Gasteiger partial charge is 0.395 e. The first-order valence-electron chi connectivity index (χ1n) is 8.69. The smallest absolute Gasteiger partial charge is 0.193 e. The van der Waals surface area contributed by atoms with Crippen molar-refractivity contribution in [3.05, 3.63) is 22.5 Å². The number of carbonyl (C=O) groups is 2. The predicted octanol–water partition coefficient (Wildman–Crippen LogP) is 1.41. The molecule has 1 aliphatic rings. The van der Waals surface area contributed by atoms with E-state index < -0.39 is 0 Å². The highest BCUT2D eigenvalue weighted by Crippen LogP contribution is 2.19. The van der Waals surface area contributed by atoms with Crippen molar-refractivity contribution in [3.63, 3.8) is 0 Å². The lowest BCUT2D eigenvalue weighted by atomic mass is 10.0. The van der Waals surface area contributed by atoms with Gasteiger partial charge in [0, 0.05) is 43.5 Å². The molecule has 1 aromatic rings. The number of carbonyl (C=O) groups excluding carboxylic acids is 2. The van der Waals surface area contributed by atoms with E-state index in [1.54, 1.807) is 0 Å². The number of aryl methyl sites for hydroxylation is 1. The molecule has 24 heavy (non-hydrogen) atoms. The number of piperazine rings is 1. The van der Waals surface area contributed by atoms with Gasteiger partial charge >= 0.3 is 0 Å². The summed E-state index contributed by atoms with van der Waals surface area (Å²) in [5.74, 6) is 0.0225. The highest BCUT2D eigenvalue weighted by Gasteiger charge is 2.25. The summed E-state index contributed by atoms with van der Waals surface area (Å²) in [6.45, 7) is 11.2. The summed E-state index contributed by atoms with van der Waals surface area (Å²) in [4.78, 5) is 31.8. The molecular formula is C18H29N3O3. The minimum Gasteiger partial charge on any atom is -0.395 e. The summed E-state index contributed by atoms with van der Waals surface area (Å²) in [6, 6.07) is 0.217. The third-order valence-corrected chi connectivity index (χ3v) is 5.04. The van der Waals surface area contributed by atoms with Crippen LogP contribution in [0.2, 0.25) is 0 Å². The van der Waals surface area contributed by atoms with Crippen LogP contribution in [-0.4, -0.2) is 76.8 Å². The molecule has 1 saturated heterocycles. The zero-order chi connectivity index (χ0) is 17.9. The topological polar surface area (TPSA) is 76.6 Å². The molecule has 0 saturated carbocycles. The number of hydrogen-bond acceptors (Lipinski definition) is 5. The number of aromatic nitrogens is 1. The second kappa shape index (κ2) is 8.05. The quantitative estimate of drug-likeness (QED) is 0.737. The summed E-state index contributed by atoms with van der Waals surface area (Å²) in [6.07, 6.45) is 0.935. The molecule has 6 heteroatoms. The van der Waals surface area contributed by atoms with Crippen LogP contribution in [0.1, 0.15) is 52.4 Å². The number of H-pyrrole nitrogens is 1. The van der Waals surface area contributed by atoms with Crippen LogP contribution < -0.4 is 0 Å². The van der Waals surface area contributed by atoms with Gasteiger partial charge in [-0.05, 0) is 32.8 Å². The summed E-state index contributed by atoms with van der Waals surface area (Å²) in [5.41, 5.74) is 2.72. The van der Waals surface area contributed by atoms with Crippen molar-refractivity contribution in [3.8, 4) is 0 Å². The number of ketones is 2. The average molecular weight is 335 g/mol. The SMILES string of the molecule is CCC(CO)N1CCN(CC(=O)c2[nH]c(C)c(C(C)=O)c2C)CC1. The van der Waals surface area contributed by atoms with Crippen LogP contribution >= 0.6 is 0 Å². The Morgan fingerprint density at radius 2 is 1.83 bits per heavy atom. The van der Waals surface area contributed by atoms with E-state index in [0.717, 1.165) is 43.9 Å². The number of aliphatic hydroxyl groups is 1. The second-order valence-electron chi connectivity index (χ2n) is 6.66. The average Bonchev–Trinajstić information content (AvgIpc) is 2.85. The summed E-state index contributed by atoms with van der Waals surface area (Å²) in [7, 11) is 0. The number of nitrogens with one attached hydrogen (secondary N) is 1. The zero-order valence-corrected chi connectivity index (χ0v) is 15.2. The standard InChI is InChI=1S/C18H29N3O3/c1-5-15(11-22)21-8-6-20(7-9-21)10-16(24)18-12(2)17(14(4)23)13(3)19-18/h15,19,22H,5-11H2,1-4H3. The zero-order valence-electron chi connectivity index (χ0n) is 15.2. The van der Waals surface area contributed by atoms with Gasteiger partial charge in [0.2, 0.25) is 0 Å². The molecule has 6 nitrogen and oxygen atoms in total. The van der Waals surface area contributed by atoms with Crippen LogP contribution in [0.4, 0.5) is 0 Å². The van der Waals surface area contributed by atoms with E-state index in [0.29, 0.717) is 17.8 Å². The van der Waals surface area contributed by atoms with E-state index in [1.165, 1.54) is 6.92 Å². The molecule has 2 N–H and O–H groups in total. The summed E-state index contributed by atoms with van der Waals surface area (Å²) >= 11 is 0. The second-order valence-corrected chi connectivity index (χ2v) is 6.66. The van der Waals surface area contributed by atoms with Crippen molar-refractivity contribution in [2.45, 2.75) is 40.2 Å². The third-order valence-electron chi connectivity index (χ3n) is 5.04. The molecule has 0 aromatic carbocycles. The molecule has 1 aromatic heterocycles. The minimum atomic E-state index is -0.0106. The van der Waals surface area contributed by atoms with Gasteiger partial charge in [0.1, 0.15) is 0 Å². The molecule has 1 aliphatic heterocycles. The monoisotopic (exact) mass is 335 g/mol. The normalized spacial score (nSPS) is 17.9. The van der Waals surface area contributed by atoms with Crippen molar-refractivity contribution < 1.29 is 14.7 Å². The van der Waals surface area contributed by atoms with Crippen molar-refractivity contribution >= 4 is 11.6 Å². The Kier molecular flexibility index (Phi) is 6.32. The minimum absolute atomic E-state index is 0.0106.